The van der Waals surface area contributed by atoms with Crippen molar-refractivity contribution in [1.82, 2.24) is 15.2 Å². The molecule has 1 heterocycles. The summed E-state index contributed by atoms with van der Waals surface area (Å²) in [5, 5.41) is 14.4. The normalized spacial score (nSPS) is 13.4. The highest BCUT2D eigenvalue weighted by Gasteiger charge is 2.17. The molecule has 6 nitrogen and oxygen atoms in total. The summed E-state index contributed by atoms with van der Waals surface area (Å²) in [6, 6.07) is 5.38. The van der Waals surface area contributed by atoms with E-state index in [-0.39, 0.29) is 29.7 Å². The summed E-state index contributed by atoms with van der Waals surface area (Å²) in [4.78, 5) is 13.2. The second kappa shape index (κ2) is 11.6. The predicted molar refractivity (Wildman–Crippen MR) is 130 cm³/mol. The van der Waals surface area contributed by atoms with Crippen LogP contribution in [0.15, 0.2) is 23.2 Å². The van der Waals surface area contributed by atoms with E-state index in [1.807, 2.05) is 37.4 Å². The van der Waals surface area contributed by atoms with Crippen LogP contribution in [0.5, 0.6) is 11.5 Å². The van der Waals surface area contributed by atoms with Gasteiger partial charge in [-0.05, 0) is 57.2 Å². The second-order valence-corrected chi connectivity index (χ2v) is 8.11. The van der Waals surface area contributed by atoms with Crippen LogP contribution in [0.1, 0.15) is 47.8 Å². The number of ether oxygens (including phenoxy) is 1. The molecule has 0 amide bonds. The molecule has 0 aliphatic heterocycles. The molecule has 160 valence electrons. The van der Waals surface area contributed by atoms with E-state index in [2.05, 4.69) is 17.1 Å². The molecule has 1 aliphatic carbocycles. The smallest absolute Gasteiger partial charge is 0.194 e. The number of nitrogens with one attached hydrogen (secondary N) is 1. The Hall–Kier alpha value is -1.55. The zero-order chi connectivity index (χ0) is 19.9. The third-order valence-electron chi connectivity index (χ3n) is 4.69. The molecule has 0 unspecified atom stereocenters. The molecule has 1 aliphatic rings. The molecule has 0 atom stereocenters. The molecule has 29 heavy (non-hydrogen) atoms. The fraction of sp³-hybridized carbons (Fsp3) is 0.524. The number of phenolic OH excluding ortho intramolecular Hbond substituents is 1. The molecule has 0 saturated carbocycles. The molecular formula is C21H31IN4O2S. The van der Waals surface area contributed by atoms with Gasteiger partial charge in [-0.1, -0.05) is 6.07 Å². The van der Waals surface area contributed by atoms with Gasteiger partial charge in [-0.15, -0.1) is 35.3 Å². The Morgan fingerprint density at radius 1 is 1.31 bits per heavy atom. The highest BCUT2D eigenvalue weighted by atomic mass is 127. The zero-order valence-corrected chi connectivity index (χ0v) is 20.5. The lowest BCUT2D eigenvalue weighted by Crippen LogP contribution is -2.38. The molecule has 8 heteroatoms. The van der Waals surface area contributed by atoms with Crippen molar-refractivity contribution in [3.63, 3.8) is 0 Å². The van der Waals surface area contributed by atoms with Crippen molar-refractivity contribution < 1.29 is 9.84 Å². The van der Waals surface area contributed by atoms with E-state index in [0.717, 1.165) is 36.0 Å². The van der Waals surface area contributed by atoms with Crippen LogP contribution in [0.2, 0.25) is 0 Å². The van der Waals surface area contributed by atoms with E-state index in [9.17, 15) is 5.11 Å². The van der Waals surface area contributed by atoms with Gasteiger partial charge in [-0.2, -0.15) is 0 Å². The van der Waals surface area contributed by atoms with Crippen LogP contribution in [-0.4, -0.2) is 41.1 Å². The number of benzene rings is 1. The highest BCUT2D eigenvalue weighted by Crippen LogP contribution is 2.28. The summed E-state index contributed by atoms with van der Waals surface area (Å²) in [6.07, 6.45) is 4.83. The van der Waals surface area contributed by atoms with Crippen molar-refractivity contribution in [2.45, 2.75) is 52.6 Å². The quantitative estimate of drug-likeness (QED) is 0.317. The minimum Gasteiger partial charge on any atom is -0.504 e. The van der Waals surface area contributed by atoms with E-state index in [1.54, 1.807) is 6.07 Å². The number of aryl methyl sites for hydroxylation is 2. The minimum absolute atomic E-state index is 0. The van der Waals surface area contributed by atoms with Gasteiger partial charge in [-0.25, -0.2) is 9.98 Å². The van der Waals surface area contributed by atoms with Gasteiger partial charge in [0.15, 0.2) is 17.5 Å². The number of aromatic hydroxyl groups is 1. The summed E-state index contributed by atoms with van der Waals surface area (Å²) in [5.41, 5.74) is 2.30. The Kier molecular flexibility index (Phi) is 9.48. The van der Waals surface area contributed by atoms with Gasteiger partial charge in [0.2, 0.25) is 0 Å². The van der Waals surface area contributed by atoms with Crippen molar-refractivity contribution in [3.8, 4) is 11.5 Å². The van der Waals surface area contributed by atoms with Gasteiger partial charge in [0, 0.05) is 18.5 Å². The largest absolute Gasteiger partial charge is 0.504 e. The fourth-order valence-corrected chi connectivity index (χ4v) is 4.53. The number of thiazole rings is 1. The lowest BCUT2D eigenvalue weighted by atomic mass is 10.0. The molecule has 0 fully saturated rings. The summed E-state index contributed by atoms with van der Waals surface area (Å²) in [6.45, 7) is 6.56. The molecule has 1 aromatic carbocycles. The number of hydrogen-bond donors (Lipinski definition) is 2. The maximum absolute atomic E-state index is 9.86. The van der Waals surface area contributed by atoms with E-state index in [4.69, 9.17) is 14.7 Å². The number of aromatic nitrogens is 1. The summed E-state index contributed by atoms with van der Waals surface area (Å²) in [7, 11) is 2.05. The summed E-state index contributed by atoms with van der Waals surface area (Å²) >= 11 is 1.84. The zero-order valence-electron chi connectivity index (χ0n) is 17.4. The van der Waals surface area contributed by atoms with E-state index in [1.165, 1.54) is 29.8 Å². The third kappa shape index (κ3) is 6.47. The number of fused-ring (bicyclic) bond motifs is 1. The maximum Gasteiger partial charge on any atom is 0.194 e. The molecule has 1 aromatic heterocycles. The molecule has 0 radical (unpaired) electrons. The van der Waals surface area contributed by atoms with Crippen LogP contribution < -0.4 is 10.1 Å². The Bertz CT molecular complexity index is 802. The molecule has 2 aromatic rings. The predicted octanol–water partition coefficient (Wildman–Crippen LogP) is 4.34. The van der Waals surface area contributed by atoms with Crippen LogP contribution >= 0.6 is 35.3 Å². The van der Waals surface area contributed by atoms with Crippen molar-refractivity contribution >= 4 is 41.3 Å². The van der Waals surface area contributed by atoms with Crippen LogP contribution in [-0.2, 0) is 25.9 Å². The molecule has 0 saturated heterocycles. The first-order valence-corrected chi connectivity index (χ1v) is 10.8. The Balaban J connectivity index is 0.00000300. The van der Waals surface area contributed by atoms with Crippen LogP contribution in [0.4, 0.5) is 0 Å². The van der Waals surface area contributed by atoms with Crippen LogP contribution in [0, 0.1) is 0 Å². The minimum atomic E-state index is 0. The Morgan fingerprint density at radius 2 is 2.10 bits per heavy atom. The number of rotatable bonds is 7. The Morgan fingerprint density at radius 3 is 2.83 bits per heavy atom. The number of nitrogens with zero attached hydrogens (tertiary/aromatic N) is 3. The second-order valence-electron chi connectivity index (χ2n) is 6.95. The molecular weight excluding hydrogens is 499 g/mol. The number of aliphatic imine (C=N–C) groups is 1. The number of phenols is 1. The first kappa shape index (κ1) is 23.7. The average Bonchev–Trinajstić information content (AvgIpc) is 3.09. The first-order valence-electron chi connectivity index (χ1n) is 10.0. The molecule has 0 bridgehead atoms. The molecule has 2 N–H and O–H groups in total. The Labute approximate surface area is 194 Å². The van der Waals surface area contributed by atoms with E-state index >= 15 is 0 Å². The monoisotopic (exact) mass is 530 g/mol. The van der Waals surface area contributed by atoms with Crippen LogP contribution in [0.3, 0.4) is 0 Å². The maximum atomic E-state index is 9.86. The van der Waals surface area contributed by atoms with Crippen molar-refractivity contribution in [3.05, 3.63) is 39.3 Å². The van der Waals surface area contributed by atoms with Crippen molar-refractivity contribution in [1.29, 1.82) is 0 Å². The summed E-state index contributed by atoms with van der Waals surface area (Å²) in [5.74, 6) is 1.51. The number of hydrogen-bond acceptors (Lipinski definition) is 5. The molecule has 0 spiro atoms. The van der Waals surface area contributed by atoms with Gasteiger partial charge in [0.25, 0.3) is 0 Å². The van der Waals surface area contributed by atoms with Gasteiger partial charge in [0.1, 0.15) is 5.01 Å². The van der Waals surface area contributed by atoms with Crippen molar-refractivity contribution in [2.75, 3.05) is 20.2 Å². The van der Waals surface area contributed by atoms with Gasteiger partial charge < -0.3 is 20.1 Å². The van der Waals surface area contributed by atoms with Crippen molar-refractivity contribution in [2.24, 2.45) is 4.99 Å². The number of halogens is 1. The van der Waals surface area contributed by atoms with E-state index in [0.29, 0.717) is 18.9 Å². The molecule has 3 rings (SSSR count). The highest BCUT2D eigenvalue weighted by molar-refractivity contribution is 14.0. The lowest BCUT2D eigenvalue weighted by molar-refractivity contribution is 0.318. The number of guanidine groups is 1. The topological polar surface area (TPSA) is 70.0 Å². The van der Waals surface area contributed by atoms with Gasteiger partial charge in [-0.3, -0.25) is 0 Å². The van der Waals surface area contributed by atoms with Gasteiger partial charge >= 0.3 is 0 Å². The SMILES string of the molecule is CCNC(=NCc1ccc(O)c(OCC)c1)N(C)Cc1nc2c(s1)CCCC2.I. The first-order chi connectivity index (χ1) is 13.6. The summed E-state index contributed by atoms with van der Waals surface area (Å²) < 4.78 is 5.47. The fourth-order valence-electron chi connectivity index (χ4n) is 3.31. The third-order valence-corrected chi connectivity index (χ3v) is 5.84. The standard InChI is InChI=1S/C21H30N4O2S.HI/c1-4-22-21(23-13-15-10-11-17(26)18(12-15)27-5-2)25(3)14-20-24-16-8-6-7-9-19(16)28-20;/h10-12,26H,4-9,13-14H2,1-3H3,(H,22,23);1H. The van der Waals surface area contributed by atoms with Gasteiger partial charge in [0.05, 0.1) is 25.4 Å². The lowest BCUT2D eigenvalue weighted by Gasteiger charge is -2.21. The average molecular weight is 530 g/mol. The van der Waals surface area contributed by atoms with E-state index < -0.39 is 0 Å². The van der Waals surface area contributed by atoms with Crippen LogP contribution in [0.25, 0.3) is 0 Å².